The second-order valence-electron chi connectivity index (χ2n) is 10.2. The van der Waals surface area contributed by atoms with Crippen molar-refractivity contribution in [3.63, 3.8) is 0 Å². The van der Waals surface area contributed by atoms with Crippen LogP contribution in [0.2, 0.25) is 0 Å². The van der Waals surface area contributed by atoms with Gasteiger partial charge in [-0.1, -0.05) is 89.8 Å². The molecule has 0 aliphatic carbocycles. The van der Waals surface area contributed by atoms with E-state index in [9.17, 15) is 14.3 Å². The highest BCUT2D eigenvalue weighted by Crippen LogP contribution is 2.35. The third kappa shape index (κ3) is 9.07. The summed E-state index contributed by atoms with van der Waals surface area (Å²) in [6.45, 7) is 5.29. The molecule has 40 heavy (non-hydrogen) atoms. The molecule has 0 saturated heterocycles. The van der Waals surface area contributed by atoms with E-state index < -0.39 is 17.6 Å². The molecule has 3 rings (SSSR count). The third-order valence-electron chi connectivity index (χ3n) is 7.05. The number of halogens is 2. The van der Waals surface area contributed by atoms with Gasteiger partial charge in [-0.25, -0.2) is 9.18 Å². The molecule has 3 aromatic carbocycles. The molecule has 0 fully saturated rings. The fourth-order valence-corrected chi connectivity index (χ4v) is 4.69. The predicted octanol–water partition coefficient (Wildman–Crippen LogP) is 10.1. The Kier molecular flexibility index (Phi) is 12.9. The van der Waals surface area contributed by atoms with Crippen LogP contribution in [0.15, 0.2) is 54.6 Å². The Balaban J connectivity index is 1.72. The molecule has 0 radical (unpaired) electrons. The fraction of sp³-hybridized carbons (Fsp3) is 0.441. The zero-order chi connectivity index (χ0) is 28.7. The standard InChI is InChI=1S/C34H42F2O4/c1-3-5-7-9-11-12-22-39-27-17-14-25(15-18-27)26-16-19-29(34(37)38)30(24-26)28-20-21-31(33(36)32(28)35)40-23-13-10-8-6-4-2/h14-21,24H,3-13,22-23H2,1-2H3,(H,37,38). The number of carboxylic acids is 1. The van der Waals surface area contributed by atoms with Crippen molar-refractivity contribution in [2.45, 2.75) is 84.5 Å². The molecule has 0 aliphatic rings. The Hall–Kier alpha value is -3.41. The number of hydrogen-bond donors (Lipinski definition) is 1. The van der Waals surface area contributed by atoms with E-state index in [2.05, 4.69) is 13.8 Å². The molecule has 0 heterocycles. The number of unbranched alkanes of at least 4 members (excludes halogenated alkanes) is 9. The van der Waals surface area contributed by atoms with E-state index in [0.717, 1.165) is 56.3 Å². The molecule has 0 bridgehead atoms. The molecule has 1 N–H and O–H groups in total. The monoisotopic (exact) mass is 552 g/mol. The first-order valence-corrected chi connectivity index (χ1v) is 14.7. The molecular formula is C34H42F2O4. The minimum Gasteiger partial charge on any atom is -0.494 e. The first-order chi connectivity index (χ1) is 19.5. The van der Waals surface area contributed by atoms with Gasteiger partial charge >= 0.3 is 5.97 Å². The average Bonchev–Trinajstić information content (AvgIpc) is 2.96. The summed E-state index contributed by atoms with van der Waals surface area (Å²) < 4.78 is 41.5. The quantitative estimate of drug-likeness (QED) is 0.160. The van der Waals surface area contributed by atoms with Crippen molar-refractivity contribution in [3.8, 4) is 33.8 Å². The highest BCUT2D eigenvalue weighted by Gasteiger charge is 2.21. The molecule has 0 saturated carbocycles. The third-order valence-corrected chi connectivity index (χ3v) is 7.05. The molecule has 0 spiro atoms. The van der Waals surface area contributed by atoms with Crippen molar-refractivity contribution in [1.29, 1.82) is 0 Å². The summed E-state index contributed by atoms with van der Waals surface area (Å²) in [4.78, 5) is 11.9. The Morgan fingerprint density at radius 1 is 0.650 bits per heavy atom. The largest absolute Gasteiger partial charge is 0.494 e. The van der Waals surface area contributed by atoms with Crippen LogP contribution in [-0.4, -0.2) is 24.3 Å². The zero-order valence-electron chi connectivity index (χ0n) is 23.8. The van der Waals surface area contributed by atoms with E-state index in [-0.39, 0.29) is 22.4 Å². The Bertz CT molecular complexity index is 1210. The Morgan fingerprint density at radius 3 is 1.85 bits per heavy atom. The summed E-state index contributed by atoms with van der Waals surface area (Å²) in [6.07, 6.45) is 12.2. The summed E-state index contributed by atoms with van der Waals surface area (Å²) in [6, 6.07) is 14.9. The van der Waals surface area contributed by atoms with Crippen LogP contribution in [-0.2, 0) is 0 Å². The van der Waals surface area contributed by atoms with E-state index in [0.29, 0.717) is 18.8 Å². The van der Waals surface area contributed by atoms with Crippen molar-refractivity contribution >= 4 is 5.97 Å². The molecule has 0 amide bonds. The van der Waals surface area contributed by atoms with E-state index in [1.807, 2.05) is 24.3 Å². The summed E-state index contributed by atoms with van der Waals surface area (Å²) in [5, 5.41) is 9.75. The number of carbonyl (C=O) groups is 1. The van der Waals surface area contributed by atoms with Crippen molar-refractivity contribution < 1.29 is 28.2 Å². The topological polar surface area (TPSA) is 55.8 Å². The smallest absolute Gasteiger partial charge is 0.336 e. The molecule has 3 aromatic rings. The highest BCUT2D eigenvalue weighted by molar-refractivity contribution is 5.97. The van der Waals surface area contributed by atoms with E-state index >= 15 is 4.39 Å². The number of ether oxygens (including phenoxy) is 2. The maximum atomic E-state index is 15.2. The van der Waals surface area contributed by atoms with Crippen LogP contribution in [0.3, 0.4) is 0 Å². The number of rotatable bonds is 18. The minimum atomic E-state index is -1.22. The first kappa shape index (κ1) is 31.1. The molecule has 0 unspecified atom stereocenters. The van der Waals surface area contributed by atoms with Gasteiger partial charge < -0.3 is 14.6 Å². The van der Waals surface area contributed by atoms with Crippen LogP contribution >= 0.6 is 0 Å². The Morgan fingerprint density at radius 2 is 1.23 bits per heavy atom. The number of aromatic carboxylic acids is 1. The van der Waals surface area contributed by atoms with Crippen molar-refractivity contribution in [2.75, 3.05) is 13.2 Å². The summed E-state index contributed by atoms with van der Waals surface area (Å²) in [5.74, 6) is -2.86. The van der Waals surface area contributed by atoms with Crippen molar-refractivity contribution in [2.24, 2.45) is 0 Å². The molecule has 6 heteroatoms. The van der Waals surface area contributed by atoms with Crippen LogP contribution in [0, 0.1) is 11.6 Å². The highest BCUT2D eigenvalue weighted by atomic mass is 19.2. The van der Waals surface area contributed by atoms with Crippen LogP contribution in [0.4, 0.5) is 8.78 Å². The lowest BCUT2D eigenvalue weighted by molar-refractivity contribution is 0.0697. The molecular weight excluding hydrogens is 510 g/mol. The normalized spacial score (nSPS) is 11.0. The van der Waals surface area contributed by atoms with Crippen LogP contribution < -0.4 is 9.47 Å². The number of benzene rings is 3. The van der Waals surface area contributed by atoms with Gasteiger partial charge in [0.2, 0.25) is 5.82 Å². The number of hydrogen-bond acceptors (Lipinski definition) is 3. The van der Waals surface area contributed by atoms with Gasteiger partial charge in [0, 0.05) is 5.56 Å². The second-order valence-corrected chi connectivity index (χ2v) is 10.2. The fourth-order valence-electron chi connectivity index (χ4n) is 4.69. The van der Waals surface area contributed by atoms with Gasteiger partial charge in [-0.05, 0) is 65.9 Å². The minimum absolute atomic E-state index is 0.106. The van der Waals surface area contributed by atoms with Gasteiger partial charge in [0.15, 0.2) is 11.6 Å². The lowest BCUT2D eigenvalue weighted by atomic mass is 9.94. The summed E-state index contributed by atoms with van der Waals surface area (Å²) >= 11 is 0. The van der Waals surface area contributed by atoms with Crippen LogP contribution in [0.1, 0.15) is 94.8 Å². The summed E-state index contributed by atoms with van der Waals surface area (Å²) in [7, 11) is 0. The van der Waals surface area contributed by atoms with Gasteiger partial charge in [0.1, 0.15) is 5.75 Å². The molecule has 0 aliphatic heterocycles. The molecule has 0 atom stereocenters. The number of carboxylic acid groups (broad SMARTS) is 1. The van der Waals surface area contributed by atoms with Crippen molar-refractivity contribution in [1.82, 2.24) is 0 Å². The van der Waals surface area contributed by atoms with Crippen molar-refractivity contribution in [3.05, 3.63) is 71.8 Å². The average molecular weight is 553 g/mol. The van der Waals surface area contributed by atoms with E-state index in [1.165, 1.54) is 43.9 Å². The van der Waals surface area contributed by atoms with Gasteiger partial charge in [-0.3, -0.25) is 0 Å². The van der Waals surface area contributed by atoms with E-state index in [4.69, 9.17) is 9.47 Å². The second kappa shape index (κ2) is 16.6. The predicted molar refractivity (Wildman–Crippen MR) is 157 cm³/mol. The zero-order valence-corrected chi connectivity index (χ0v) is 23.8. The Labute approximate surface area is 237 Å². The van der Waals surface area contributed by atoms with Crippen LogP contribution in [0.25, 0.3) is 22.3 Å². The lowest BCUT2D eigenvalue weighted by Gasteiger charge is -2.14. The van der Waals surface area contributed by atoms with Gasteiger partial charge in [0.25, 0.3) is 0 Å². The molecule has 4 nitrogen and oxygen atoms in total. The van der Waals surface area contributed by atoms with Gasteiger partial charge in [-0.2, -0.15) is 4.39 Å². The summed E-state index contributed by atoms with van der Waals surface area (Å²) in [5.41, 5.74) is 1.39. The first-order valence-electron chi connectivity index (χ1n) is 14.7. The SMILES string of the molecule is CCCCCCCCOc1ccc(-c2ccc(C(=O)O)c(-c3ccc(OCCCCCCC)c(F)c3F)c2)cc1. The maximum absolute atomic E-state index is 15.2. The molecule has 216 valence electrons. The lowest BCUT2D eigenvalue weighted by Crippen LogP contribution is -2.04. The van der Waals surface area contributed by atoms with Gasteiger partial charge in [0.05, 0.1) is 18.8 Å². The van der Waals surface area contributed by atoms with E-state index in [1.54, 1.807) is 12.1 Å². The molecule has 0 aromatic heterocycles. The van der Waals surface area contributed by atoms with Gasteiger partial charge in [-0.15, -0.1) is 0 Å². The van der Waals surface area contributed by atoms with Crippen LogP contribution in [0.5, 0.6) is 11.5 Å². The maximum Gasteiger partial charge on any atom is 0.336 e.